The van der Waals surface area contributed by atoms with Crippen LogP contribution in [0.15, 0.2) is 12.1 Å². The molecule has 1 heterocycles. The van der Waals surface area contributed by atoms with Crippen LogP contribution in [0.1, 0.15) is 34.7 Å². The van der Waals surface area contributed by atoms with Gasteiger partial charge in [-0.05, 0) is 36.5 Å². The summed E-state index contributed by atoms with van der Waals surface area (Å²) < 4.78 is 18.9. The number of hydrogen-bond acceptors (Lipinski definition) is 2. The van der Waals surface area contributed by atoms with Gasteiger partial charge in [0, 0.05) is 0 Å². The molecule has 1 aromatic carbocycles. The molecule has 0 atom stereocenters. The molecular formula is C11H10FNO2. The van der Waals surface area contributed by atoms with Crippen molar-refractivity contribution >= 4 is 5.91 Å². The predicted molar refractivity (Wildman–Crippen MR) is 51.3 cm³/mol. The highest BCUT2D eigenvalue weighted by atomic mass is 19.1. The van der Waals surface area contributed by atoms with Crippen LogP contribution in [0.5, 0.6) is 5.75 Å². The number of hydrogen-bond donors (Lipinski definition) is 1. The first-order valence-corrected chi connectivity index (χ1v) is 5.00. The first kappa shape index (κ1) is 8.71. The van der Waals surface area contributed by atoms with Crippen molar-refractivity contribution in [3.05, 3.63) is 29.1 Å². The number of fused-ring (bicyclic) bond motifs is 1. The Labute approximate surface area is 86.2 Å². The van der Waals surface area contributed by atoms with E-state index < -0.39 is 11.7 Å². The van der Waals surface area contributed by atoms with Crippen molar-refractivity contribution in [3.8, 4) is 5.75 Å². The number of carbonyl (C=O) groups is 1. The molecule has 15 heavy (non-hydrogen) atoms. The number of amides is 1. The van der Waals surface area contributed by atoms with E-state index >= 15 is 0 Å². The van der Waals surface area contributed by atoms with E-state index in [1.807, 2.05) is 0 Å². The second-order valence-electron chi connectivity index (χ2n) is 3.94. The Morgan fingerprint density at radius 2 is 2.20 bits per heavy atom. The molecule has 0 bridgehead atoms. The van der Waals surface area contributed by atoms with Crippen LogP contribution in [0, 0.1) is 5.82 Å². The standard InChI is InChI=1S/C11H10FNO2/c12-8-3-7(6-1-2-6)4-9-10(8)11(14)13-5-15-9/h3-4,6H,1-2,5H2,(H,13,14). The molecule has 3 rings (SSSR count). The van der Waals surface area contributed by atoms with Crippen LogP contribution < -0.4 is 10.1 Å². The Morgan fingerprint density at radius 1 is 1.40 bits per heavy atom. The lowest BCUT2D eigenvalue weighted by Gasteiger charge is -2.19. The smallest absolute Gasteiger partial charge is 0.260 e. The SMILES string of the molecule is O=C1NCOc2cc(C3CC3)cc(F)c21. The molecule has 0 aromatic heterocycles. The first-order chi connectivity index (χ1) is 7.25. The van der Waals surface area contributed by atoms with Gasteiger partial charge in [-0.25, -0.2) is 4.39 Å². The molecule has 0 spiro atoms. The van der Waals surface area contributed by atoms with Gasteiger partial charge in [-0.2, -0.15) is 0 Å². The van der Waals surface area contributed by atoms with Gasteiger partial charge in [0.2, 0.25) is 0 Å². The fraction of sp³-hybridized carbons (Fsp3) is 0.364. The van der Waals surface area contributed by atoms with E-state index in [0.717, 1.165) is 18.4 Å². The van der Waals surface area contributed by atoms with Crippen LogP contribution in [-0.2, 0) is 0 Å². The number of ether oxygens (including phenoxy) is 1. The van der Waals surface area contributed by atoms with Crippen molar-refractivity contribution in [3.63, 3.8) is 0 Å². The molecule has 4 heteroatoms. The van der Waals surface area contributed by atoms with Crippen LogP contribution in [0.4, 0.5) is 4.39 Å². The van der Waals surface area contributed by atoms with Gasteiger partial charge in [0.1, 0.15) is 17.1 Å². The summed E-state index contributed by atoms with van der Waals surface area (Å²) in [6, 6.07) is 3.24. The normalized spacial score (nSPS) is 19.1. The Hall–Kier alpha value is -1.58. The summed E-state index contributed by atoms with van der Waals surface area (Å²) in [6.45, 7) is 0.124. The first-order valence-electron chi connectivity index (χ1n) is 5.00. The largest absolute Gasteiger partial charge is 0.472 e. The molecule has 1 fully saturated rings. The lowest BCUT2D eigenvalue weighted by molar-refractivity contribution is 0.0877. The Kier molecular flexibility index (Phi) is 1.71. The molecule has 0 radical (unpaired) electrons. The highest BCUT2D eigenvalue weighted by Crippen LogP contribution is 2.42. The maximum absolute atomic E-state index is 13.6. The Bertz CT molecular complexity index is 440. The summed E-state index contributed by atoms with van der Waals surface area (Å²) >= 11 is 0. The number of carbonyl (C=O) groups excluding carboxylic acids is 1. The molecule has 78 valence electrons. The lowest BCUT2D eigenvalue weighted by Crippen LogP contribution is -2.33. The van der Waals surface area contributed by atoms with E-state index in [-0.39, 0.29) is 12.3 Å². The Balaban J connectivity index is 2.12. The molecule has 3 nitrogen and oxygen atoms in total. The van der Waals surface area contributed by atoms with Crippen LogP contribution in [0.2, 0.25) is 0 Å². The number of benzene rings is 1. The van der Waals surface area contributed by atoms with Crippen LogP contribution >= 0.6 is 0 Å². The summed E-state index contributed by atoms with van der Waals surface area (Å²) in [4.78, 5) is 11.4. The maximum atomic E-state index is 13.6. The van der Waals surface area contributed by atoms with Crippen LogP contribution in [-0.4, -0.2) is 12.6 Å². The molecule has 2 aliphatic rings. The van der Waals surface area contributed by atoms with Gasteiger partial charge in [0.25, 0.3) is 5.91 Å². The number of nitrogens with one attached hydrogen (secondary N) is 1. The van der Waals surface area contributed by atoms with Gasteiger partial charge in [-0.1, -0.05) is 0 Å². The van der Waals surface area contributed by atoms with E-state index in [9.17, 15) is 9.18 Å². The van der Waals surface area contributed by atoms with E-state index in [1.54, 1.807) is 6.07 Å². The predicted octanol–water partition coefficient (Wildman–Crippen LogP) is 1.78. The average molecular weight is 207 g/mol. The van der Waals surface area contributed by atoms with Gasteiger partial charge < -0.3 is 10.1 Å². The summed E-state index contributed by atoms with van der Waals surface area (Å²) in [5, 5.41) is 2.44. The fourth-order valence-electron chi connectivity index (χ4n) is 1.86. The molecule has 1 aromatic rings. The highest BCUT2D eigenvalue weighted by Gasteiger charge is 2.29. The second-order valence-corrected chi connectivity index (χ2v) is 3.94. The summed E-state index contributed by atoms with van der Waals surface area (Å²) in [5.41, 5.74) is 0.978. The van der Waals surface area contributed by atoms with E-state index in [0.29, 0.717) is 11.7 Å². The van der Waals surface area contributed by atoms with E-state index in [4.69, 9.17) is 4.74 Å². The molecule has 1 aliphatic carbocycles. The van der Waals surface area contributed by atoms with Gasteiger partial charge in [0.15, 0.2) is 6.73 Å². The van der Waals surface area contributed by atoms with Crippen molar-refractivity contribution in [2.24, 2.45) is 0 Å². The summed E-state index contributed by atoms with van der Waals surface area (Å²) in [6.07, 6.45) is 2.20. The van der Waals surface area contributed by atoms with E-state index in [2.05, 4.69) is 5.32 Å². The summed E-state index contributed by atoms with van der Waals surface area (Å²) in [7, 11) is 0. The zero-order valence-electron chi connectivity index (χ0n) is 8.05. The van der Waals surface area contributed by atoms with Crippen molar-refractivity contribution < 1.29 is 13.9 Å². The third kappa shape index (κ3) is 1.37. The highest BCUT2D eigenvalue weighted by molar-refractivity contribution is 5.98. The second kappa shape index (κ2) is 2.95. The van der Waals surface area contributed by atoms with Gasteiger partial charge in [-0.15, -0.1) is 0 Å². The average Bonchev–Trinajstić information content (AvgIpc) is 3.00. The minimum atomic E-state index is -0.480. The van der Waals surface area contributed by atoms with Crippen molar-refractivity contribution in [2.45, 2.75) is 18.8 Å². The molecular weight excluding hydrogens is 197 g/mol. The number of rotatable bonds is 1. The van der Waals surface area contributed by atoms with Gasteiger partial charge >= 0.3 is 0 Å². The van der Waals surface area contributed by atoms with Crippen molar-refractivity contribution in [2.75, 3.05) is 6.73 Å². The fourth-order valence-corrected chi connectivity index (χ4v) is 1.86. The van der Waals surface area contributed by atoms with Crippen molar-refractivity contribution in [1.29, 1.82) is 0 Å². The van der Waals surface area contributed by atoms with Crippen LogP contribution in [0.3, 0.4) is 0 Å². The Morgan fingerprint density at radius 3 is 2.93 bits per heavy atom. The molecule has 1 saturated carbocycles. The quantitative estimate of drug-likeness (QED) is 0.762. The maximum Gasteiger partial charge on any atom is 0.260 e. The molecule has 1 N–H and O–H groups in total. The molecule has 0 saturated heterocycles. The summed E-state index contributed by atoms with van der Waals surface area (Å²) in [5.74, 6) is -0.0401. The number of halogens is 1. The molecule has 1 aliphatic heterocycles. The molecule has 1 amide bonds. The van der Waals surface area contributed by atoms with Gasteiger partial charge in [0.05, 0.1) is 0 Å². The van der Waals surface area contributed by atoms with Crippen molar-refractivity contribution in [1.82, 2.24) is 5.32 Å². The lowest BCUT2D eigenvalue weighted by atomic mass is 10.0. The molecule has 0 unspecified atom stereocenters. The van der Waals surface area contributed by atoms with Gasteiger partial charge in [-0.3, -0.25) is 4.79 Å². The topological polar surface area (TPSA) is 38.3 Å². The van der Waals surface area contributed by atoms with Crippen LogP contribution in [0.25, 0.3) is 0 Å². The third-order valence-electron chi connectivity index (χ3n) is 2.81. The third-order valence-corrected chi connectivity index (χ3v) is 2.81. The zero-order chi connectivity index (χ0) is 10.4. The minimum Gasteiger partial charge on any atom is -0.472 e. The minimum absolute atomic E-state index is 0.0330. The van der Waals surface area contributed by atoms with E-state index in [1.165, 1.54) is 6.07 Å². The zero-order valence-corrected chi connectivity index (χ0v) is 8.05. The monoisotopic (exact) mass is 207 g/mol.